The van der Waals surface area contributed by atoms with E-state index in [-0.39, 0.29) is 0 Å². The number of rotatable bonds is 8. The predicted molar refractivity (Wildman–Crippen MR) is 179 cm³/mol. The van der Waals surface area contributed by atoms with Crippen LogP contribution in [0.2, 0.25) is 0 Å². The average molecular weight is 546 g/mol. The first-order valence-corrected chi connectivity index (χ1v) is 13.7. The van der Waals surface area contributed by atoms with Gasteiger partial charge in [0.25, 0.3) is 0 Å². The summed E-state index contributed by atoms with van der Waals surface area (Å²) in [5.41, 5.74) is 10.6. The second kappa shape index (κ2) is 13.1. The van der Waals surface area contributed by atoms with Crippen molar-refractivity contribution in [3.05, 3.63) is 119 Å². The zero-order chi connectivity index (χ0) is 29.5. The topological polar surface area (TPSA) is 37.5 Å². The summed E-state index contributed by atoms with van der Waals surface area (Å²) in [4.78, 5) is 6.28. The van der Waals surface area contributed by atoms with Crippen LogP contribution in [0.1, 0.15) is 16.7 Å². The van der Waals surface area contributed by atoms with Crippen molar-refractivity contribution in [1.82, 2.24) is 0 Å². The zero-order valence-corrected chi connectivity index (χ0v) is 25.5. The Bertz CT molecular complexity index is 1450. The molecule has 0 spiro atoms. The van der Waals surface area contributed by atoms with Gasteiger partial charge in [-0.2, -0.15) is 5.10 Å². The van der Waals surface area contributed by atoms with Gasteiger partial charge in [0.15, 0.2) is 5.71 Å². The molecule has 0 saturated carbocycles. The third-order valence-electron chi connectivity index (χ3n) is 7.05. The molecule has 0 unspecified atom stereocenters. The summed E-state index contributed by atoms with van der Waals surface area (Å²) in [5.74, 6) is 0. The van der Waals surface area contributed by atoms with Gasteiger partial charge in [-0.25, -0.2) is 4.58 Å². The molecule has 4 rings (SSSR count). The number of hydrogen-bond donors (Lipinski definition) is 0. The maximum atomic E-state index is 4.82. The van der Waals surface area contributed by atoms with E-state index >= 15 is 0 Å². The summed E-state index contributed by atoms with van der Waals surface area (Å²) in [6.07, 6.45) is 10.4. The third-order valence-corrected chi connectivity index (χ3v) is 7.05. The van der Waals surface area contributed by atoms with Crippen molar-refractivity contribution in [1.29, 1.82) is 0 Å². The lowest BCUT2D eigenvalue weighted by Crippen LogP contribution is -2.10. The van der Waals surface area contributed by atoms with Crippen LogP contribution in [0.5, 0.6) is 0 Å². The molecule has 0 aromatic heterocycles. The van der Waals surface area contributed by atoms with Crippen molar-refractivity contribution in [2.24, 2.45) is 10.2 Å². The van der Waals surface area contributed by atoms with E-state index in [1.165, 1.54) is 0 Å². The van der Waals surface area contributed by atoms with E-state index in [2.05, 4.69) is 116 Å². The van der Waals surface area contributed by atoms with Crippen LogP contribution in [0, 0.1) is 0 Å². The van der Waals surface area contributed by atoms with Crippen LogP contribution in [0.15, 0.2) is 113 Å². The van der Waals surface area contributed by atoms with Crippen molar-refractivity contribution < 1.29 is 4.58 Å². The minimum Gasteiger partial charge on any atom is -0.378 e. The summed E-state index contributed by atoms with van der Waals surface area (Å²) >= 11 is 0. The molecule has 1 aliphatic carbocycles. The lowest BCUT2D eigenvalue weighted by molar-refractivity contribution is -0.462. The first-order chi connectivity index (χ1) is 19.6. The fraction of sp³-hybridized carbons (Fsp3) is 0.229. The standard InChI is InChI=1S/C35H41N6/c1-38(2)30-17-9-26(10-18-30)34(27-11-19-31(20-12-27)39(3)4)25-36-37-35(28-13-21-32(22-14-28)40(5)6)29-15-23-33(24-16-29)41(7)8/h9-25H,1-8H3/q+1. The molecule has 0 atom stereocenters. The van der Waals surface area contributed by atoms with E-state index in [4.69, 9.17) is 10.2 Å². The molecule has 0 aliphatic heterocycles. The van der Waals surface area contributed by atoms with Crippen molar-refractivity contribution in [2.45, 2.75) is 0 Å². The van der Waals surface area contributed by atoms with Crippen LogP contribution in [0.4, 0.5) is 17.1 Å². The first-order valence-electron chi connectivity index (χ1n) is 13.7. The number of anilines is 3. The Kier molecular flexibility index (Phi) is 9.35. The molecule has 0 N–H and O–H groups in total. The predicted octanol–water partition coefficient (Wildman–Crippen LogP) is 6.00. The molecule has 6 heteroatoms. The number of nitrogens with zero attached hydrogens (tertiary/aromatic N) is 6. The van der Waals surface area contributed by atoms with Gasteiger partial charge in [0, 0.05) is 88.2 Å². The highest BCUT2D eigenvalue weighted by atomic mass is 15.2. The van der Waals surface area contributed by atoms with Gasteiger partial charge < -0.3 is 14.7 Å². The Morgan fingerprint density at radius 1 is 0.561 bits per heavy atom. The van der Waals surface area contributed by atoms with Crippen LogP contribution in [-0.2, 0) is 0 Å². The highest BCUT2D eigenvalue weighted by molar-refractivity contribution is 6.16. The summed E-state index contributed by atoms with van der Waals surface area (Å²) in [6.45, 7) is 0. The van der Waals surface area contributed by atoms with Crippen LogP contribution in [0.25, 0.3) is 5.57 Å². The summed E-state index contributed by atoms with van der Waals surface area (Å²) < 4.78 is 2.10. The number of allylic oxidation sites excluding steroid dienone is 6. The first kappa shape index (κ1) is 29.3. The van der Waals surface area contributed by atoms with Crippen molar-refractivity contribution in [3.8, 4) is 0 Å². The SMILES string of the molecule is CN(C)c1ccc(C(=N/N=C/C(=C2C=CC(=[N+](C)C)C=C2)c2ccc(N(C)C)cc2)c2ccc(N(C)C)cc2)cc1. The molecule has 0 amide bonds. The van der Waals surface area contributed by atoms with Gasteiger partial charge in [0.2, 0.25) is 0 Å². The molecule has 0 bridgehead atoms. The molecule has 41 heavy (non-hydrogen) atoms. The zero-order valence-electron chi connectivity index (χ0n) is 25.5. The second-order valence-corrected chi connectivity index (χ2v) is 10.9. The molecular weight excluding hydrogens is 504 g/mol. The maximum Gasteiger partial charge on any atom is 0.199 e. The van der Waals surface area contributed by atoms with Gasteiger partial charge in [-0.15, -0.1) is 5.10 Å². The molecule has 0 heterocycles. The van der Waals surface area contributed by atoms with E-state index in [0.29, 0.717) is 0 Å². The molecule has 3 aromatic carbocycles. The third kappa shape index (κ3) is 7.28. The van der Waals surface area contributed by atoms with Gasteiger partial charge in [-0.05, 0) is 59.7 Å². The molecule has 3 aromatic rings. The molecule has 210 valence electrons. The van der Waals surface area contributed by atoms with Crippen LogP contribution in [0.3, 0.4) is 0 Å². The van der Waals surface area contributed by atoms with Gasteiger partial charge >= 0.3 is 0 Å². The highest BCUT2D eigenvalue weighted by Gasteiger charge is 2.12. The van der Waals surface area contributed by atoms with E-state index in [1.54, 1.807) is 0 Å². The quantitative estimate of drug-likeness (QED) is 0.198. The Morgan fingerprint density at radius 3 is 1.32 bits per heavy atom. The fourth-order valence-electron chi connectivity index (χ4n) is 4.46. The highest BCUT2D eigenvalue weighted by Crippen LogP contribution is 2.24. The van der Waals surface area contributed by atoms with Crippen LogP contribution in [-0.4, -0.2) is 78.6 Å². The molecule has 0 fully saturated rings. The molecule has 6 nitrogen and oxygen atoms in total. The molecule has 0 saturated heterocycles. The van der Waals surface area contributed by atoms with Crippen LogP contribution >= 0.6 is 0 Å². The Hall–Kier alpha value is -4.71. The molecule has 0 radical (unpaired) electrons. The fourth-order valence-corrected chi connectivity index (χ4v) is 4.46. The van der Waals surface area contributed by atoms with Gasteiger partial charge in [-0.3, -0.25) is 0 Å². The average Bonchev–Trinajstić information content (AvgIpc) is 2.97. The monoisotopic (exact) mass is 545 g/mol. The van der Waals surface area contributed by atoms with E-state index in [1.807, 2.05) is 62.6 Å². The smallest absolute Gasteiger partial charge is 0.199 e. The van der Waals surface area contributed by atoms with Gasteiger partial charge in [-0.1, -0.05) is 36.4 Å². The lowest BCUT2D eigenvalue weighted by Gasteiger charge is -2.15. The summed E-state index contributed by atoms with van der Waals surface area (Å²) in [6, 6.07) is 25.4. The Labute approximate surface area is 245 Å². The largest absolute Gasteiger partial charge is 0.378 e. The van der Waals surface area contributed by atoms with E-state index in [0.717, 1.165) is 56.3 Å². The summed E-state index contributed by atoms with van der Waals surface area (Å²) in [7, 11) is 16.4. The van der Waals surface area contributed by atoms with Crippen molar-refractivity contribution >= 4 is 40.3 Å². The number of benzene rings is 3. The summed E-state index contributed by atoms with van der Waals surface area (Å²) in [5, 5.41) is 9.51. The minimum atomic E-state index is 0.821. The van der Waals surface area contributed by atoms with Gasteiger partial charge in [0.1, 0.15) is 19.8 Å². The Morgan fingerprint density at radius 2 is 0.951 bits per heavy atom. The Balaban J connectivity index is 1.80. The second-order valence-electron chi connectivity index (χ2n) is 10.9. The van der Waals surface area contributed by atoms with Gasteiger partial charge in [0.05, 0.1) is 6.21 Å². The maximum absolute atomic E-state index is 4.82. The molecular formula is C35H41N6+. The van der Waals surface area contributed by atoms with E-state index < -0.39 is 0 Å². The van der Waals surface area contributed by atoms with Crippen LogP contribution < -0.4 is 14.7 Å². The van der Waals surface area contributed by atoms with Crippen molar-refractivity contribution in [3.63, 3.8) is 0 Å². The minimum absolute atomic E-state index is 0.821. The van der Waals surface area contributed by atoms with E-state index in [9.17, 15) is 0 Å². The lowest BCUT2D eigenvalue weighted by atomic mass is 9.97. The van der Waals surface area contributed by atoms with Crippen molar-refractivity contribution in [2.75, 3.05) is 71.1 Å². The normalized spacial score (nSPS) is 12.5. The molecule has 1 aliphatic rings. The number of hydrogen-bond acceptors (Lipinski definition) is 5.